The first kappa shape index (κ1) is 37.2. The molecule has 0 radical (unpaired) electrons. The normalized spacial score (nSPS) is 11.9. The van der Waals surface area contributed by atoms with Gasteiger partial charge in [-0.3, -0.25) is 18.9 Å². The van der Waals surface area contributed by atoms with E-state index in [-0.39, 0.29) is 75.4 Å². The van der Waals surface area contributed by atoms with Crippen molar-refractivity contribution in [1.29, 1.82) is 0 Å². The number of benzene rings is 2. The van der Waals surface area contributed by atoms with E-state index in [9.17, 15) is 18.9 Å². The van der Waals surface area contributed by atoms with Crippen molar-refractivity contribution in [1.82, 2.24) is 0 Å². The van der Waals surface area contributed by atoms with Gasteiger partial charge in [0.1, 0.15) is 6.16 Å². The summed E-state index contributed by atoms with van der Waals surface area (Å²) in [5.74, 6) is -3.01. The molecule has 2 aromatic carbocycles. The topological polar surface area (TPSA) is 133 Å². The van der Waals surface area contributed by atoms with Crippen molar-refractivity contribution in [2.75, 3.05) is 54.9 Å². The Hall–Kier alpha value is -3.62. The predicted octanol–water partition coefficient (Wildman–Crippen LogP) is 7.70. The lowest BCUT2D eigenvalue weighted by Crippen LogP contribution is -2.28. The number of rotatable bonds is 17. The van der Waals surface area contributed by atoms with Crippen molar-refractivity contribution in [2.45, 2.75) is 26.7 Å². The van der Waals surface area contributed by atoms with Crippen molar-refractivity contribution in [3.8, 4) is 23.0 Å². The van der Waals surface area contributed by atoms with E-state index < -0.39 is 42.6 Å². The highest BCUT2D eigenvalue weighted by Gasteiger charge is 2.33. The molecule has 0 spiro atoms. The predicted molar refractivity (Wildman–Crippen MR) is 178 cm³/mol. The molecule has 0 N–H and O–H groups in total. The van der Waals surface area contributed by atoms with Gasteiger partial charge in [-0.1, -0.05) is 0 Å². The number of hydrogen-bond acceptors (Lipinski definition) is 13. The van der Waals surface area contributed by atoms with E-state index in [0.717, 1.165) is 22.7 Å². The lowest BCUT2D eigenvalue weighted by molar-refractivity contribution is -0.150. The number of methoxy groups -OCH3 is 3. The third-order valence-corrected chi connectivity index (χ3v) is 11.4. The number of halogens is 2. The Labute approximate surface area is 283 Å². The minimum Gasteiger partial charge on any atom is -0.493 e. The van der Waals surface area contributed by atoms with E-state index in [1.165, 1.54) is 53.7 Å². The summed E-state index contributed by atoms with van der Waals surface area (Å²) in [5.41, 5.74) is -1.06. The van der Waals surface area contributed by atoms with Gasteiger partial charge in [0, 0.05) is 59.4 Å². The molecule has 0 unspecified atom stereocenters. The highest BCUT2D eigenvalue weighted by molar-refractivity contribution is 7.55. The second kappa shape index (κ2) is 15.3. The first-order valence-electron chi connectivity index (χ1n) is 14.4. The fourth-order valence-electron chi connectivity index (χ4n) is 4.75. The van der Waals surface area contributed by atoms with Gasteiger partial charge in [-0.25, -0.2) is 8.78 Å². The Morgan fingerprint density at radius 2 is 1.21 bits per heavy atom. The SMILES string of the molecule is COC(=O)C(C)(C)CC(=O)c1cc2c(F)c(OCCCOc3c(OC)cc4sc(C(=O)CP(=O)(OC)OC)cc4c3F)c(OC)cc2s1. The summed E-state index contributed by atoms with van der Waals surface area (Å²) in [4.78, 5) is 38.1. The van der Waals surface area contributed by atoms with Gasteiger partial charge in [-0.05, 0) is 26.0 Å². The van der Waals surface area contributed by atoms with Crippen LogP contribution in [0.3, 0.4) is 0 Å². The molecule has 0 aliphatic carbocycles. The van der Waals surface area contributed by atoms with Crippen molar-refractivity contribution in [3.63, 3.8) is 0 Å². The van der Waals surface area contributed by atoms with Crippen LogP contribution in [0.1, 0.15) is 46.0 Å². The first-order valence-corrected chi connectivity index (χ1v) is 17.8. The van der Waals surface area contributed by atoms with Crippen LogP contribution < -0.4 is 18.9 Å². The summed E-state index contributed by atoms with van der Waals surface area (Å²) in [5, 5.41) is 0.273. The van der Waals surface area contributed by atoms with Gasteiger partial charge in [0.05, 0.1) is 49.7 Å². The standard InChI is InChI=1S/C32H35F2O11PS2/c1-32(2,31(37)41-5)15-19(35)25-11-17-23(47-25)13-21(39-3)29(27(17)33)44-9-8-10-45-30-22(40-4)14-24-18(28(30)34)12-26(48-24)20(36)16-46(38,42-6)43-7/h11-14H,8-10,15-16H2,1-7H3. The molecule has 11 nitrogen and oxygen atoms in total. The molecule has 16 heteroatoms. The molecule has 4 rings (SSSR count). The minimum absolute atomic E-state index is 0.0373. The molecule has 0 atom stereocenters. The second-order valence-corrected chi connectivity index (χ2v) is 15.5. The van der Waals surface area contributed by atoms with Crippen LogP contribution in [-0.4, -0.2) is 72.5 Å². The van der Waals surface area contributed by atoms with E-state index in [4.69, 9.17) is 32.7 Å². The van der Waals surface area contributed by atoms with E-state index in [2.05, 4.69) is 0 Å². The van der Waals surface area contributed by atoms with Crippen molar-refractivity contribution in [3.05, 3.63) is 45.7 Å². The maximum absolute atomic E-state index is 15.6. The Morgan fingerprint density at radius 1 is 0.750 bits per heavy atom. The maximum Gasteiger partial charge on any atom is 0.337 e. The fourth-order valence-corrected chi connectivity index (χ4v) is 7.83. The largest absolute Gasteiger partial charge is 0.493 e. The smallest absolute Gasteiger partial charge is 0.337 e. The van der Waals surface area contributed by atoms with E-state index in [1.807, 2.05) is 0 Å². The van der Waals surface area contributed by atoms with Gasteiger partial charge in [-0.2, -0.15) is 0 Å². The van der Waals surface area contributed by atoms with E-state index in [1.54, 1.807) is 19.9 Å². The van der Waals surface area contributed by atoms with Gasteiger partial charge < -0.3 is 32.7 Å². The summed E-state index contributed by atoms with van der Waals surface area (Å²) in [6.07, 6.45) is -0.424. The third kappa shape index (κ3) is 7.81. The zero-order valence-corrected chi connectivity index (χ0v) is 29.9. The summed E-state index contributed by atoms with van der Waals surface area (Å²) in [6.45, 7) is 3.12. The molecular weight excluding hydrogens is 693 g/mol. The molecule has 48 heavy (non-hydrogen) atoms. The Kier molecular flexibility index (Phi) is 11.9. The van der Waals surface area contributed by atoms with Crippen LogP contribution in [0, 0.1) is 17.0 Å². The molecule has 0 saturated carbocycles. The van der Waals surface area contributed by atoms with Gasteiger partial charge in [0.2, 0.25) is 0 Å². The van der Waals surface area contributed by atoms with E-state index in [0.29, 0.717) is 9.40 Å². The van der Waals surface area contributed by atoms with Crippen molar-refractivity contribution < 1.29 is 60.5 Å². The van der Waals surface area contributed by atoms with Crippen LogP contribution in [0.25, 0.3) is 20.2 Å². The van der Waals surface area contributed by atoms with Crippen molar-refractivity contribution >= 4 is 68.0 Å². The summed E-state index contributed by atoms with van der Waals surface area (Å²) < 4.78 is 81.1. The van der Waals surface area contributed by atoms with Gasteiger partial charge in [0.25, 0.3) is 0 Å². The molecule has 0 fully saturated rings. The molecule has 0 aliphatic rings. The number of Topliss-reactive ketones (excluding diaryl/α,β-unsaturated/α-hetero) is 2. The molecule has 2 heterocycles. The number of fused-ring (bicyclic) bond motifs is 2. The zero-order valence-electron chi connectivity index (χ0n) is 27.4. The molecular formula is C32H35F2O11PS2. The van der Waals surface area contributed by atoms with E-state index >= 15 is 8.78 Å². The quantitative estimate of drug-likeness (QED) is 0.0459. The maximum atomic E-state index is 15.6. The number of carbonyl (C=O) groups is 3. The van der Waals surface area contributed by atoms with Crippen molar-refractivity contribution in [2.24, 2.45) is 5.41 Å². The Balaban J connectivity index is 1.45. The van der Waals surface area contributed by atoms with Crippen LogP contribution in [0.4, 0.5) is 8.78 Å². The molecule has 4 aromatic rings. The summed E-state index contributed by atoms with van der Waals surface area (Å²) in [7, 11) is 2.69. The van der Waals surface area contributed by atoms with Gasteiger partial charge in [0.15, 0.2) is 46.2 Å². The first-order chi connectivity index (χ1) is 22.7. The monoisotopic (exact) mass is 728 g/mol. The highest BCUT2D eigenvalue weighted by Crippen LogP contribution is 2.48. The van der Waals surface area contributed by atoms with Crippen LogP contribution in [0.2, 0.25) is 0 Å². The Bertz CT molecular complexity index is 1890. The number of carbonyl (C=O) groups excluding carboxylic acids is 3. The average Bonchev–Trinajstić information content (AvgIpc) is 3.71. The number of thiophene rings is 2. The molecule has 0 saturated heterocycles. The molecule has 0 aliphatic heterocycles. The minimum atomic E-state index is -3.62. The van der Waals surface area contributed by atoms with Crippen LogP contribution >= 0.6 is 30.3 Å². The average molecular weight is 729 g/mol. The number of ketones is 2. The zero-order chi connectivity index (χ0) is 35.4. The van der Waals surface area contributed by atoms with Gasteiger partial charge in [-0.15, -0.1) is 22.7 Å². The number of ether oxygens (including phenoxy) is 5. The van der Waals surface area contributed by atoms with Gasteiger partial charge >= 0.3 is 13.6 Å². The Morgan fingerprint density at radius 3 is 1.62 bits per heavy atom. The van der Waals surface area contributed by atoms with Crippen LogP contribution in [0.5, 0.6) is 23.0 Å². The van der Waals surface area contributed by atoms with Crippen LogP contribution in [0.15, 0.2) is 24.3 Å². The molecule has 0 bridgehead atoms. The highest BCUT2D eigenvalue weighted by atomic mass is 32.1. The second-order valence-electron chi connectivity index (χ2n) is 11.1. The lowest BCUT2D eigenvalue weighted by atomic mass is 9.87. The van der Waals surface area contributed by atoms with Crippen LogP contribution in [-0.2, 0) is 23.1 Å². The molecule has 0 amide bonds. The third-order valence-electron chi connectivity index (χ3n) is 7.37. The number of esters is 1. The molecule has 260 valence electrons. The fraction of sp³-hybridized carbons (Fsp3) is 0.406. The lowest BCUT2D eigenvalue weighted by Gasteiger charge is -2.19. The summed E-state index contributed by atoms with van der Waals surface area (Å²) in [6, 6.07) is 5.86. The molecule has 2 aromatic heterocycles. The number of hydrogen-bond donors (Lipinski definition) is 0. The summed E-state index contributed by atoms with van der Waals surface area (Å²) >= 11 is 2.07.